The Bertz CT molecular complexity index is 156. The van der Waals surface area contributed by atoms with Crippen molar-refractivity contribution in [2.75, 3.05) is 0 Å². The van der Waals surface area contributed by atoms with Gasteiger partial charge in [-0.15, -0.1) is 11.6 Å². The number of alkyl halides is 1. The first-order valence-electron chi connectivity index (χ1n) is 4.52. The zero-order valence-electron chi connectivity index (χ0n) is 8.31. The highest BCUT2D eigenvalue weighted by Crippen LogP contribution is 2.21. The molecular weight excluding hydrogens is 168 g/mol. The first-order valence-corrected chi connectivity index (χ1v) is 4.96. The summed E-state index contributed by atoms with van der Waals surface area (Å²) in [7, 11) is 0. The summed E-state index contributed by atoms with van der Waals surface area (Å²) < 4.78 is 0. The first kappa shape index (κ1) is 11.8. The number of halogens is 1. The Balaban J connectivity index is 3.72. The van der Waals surface area contributed by atoms with Crippen molar-refractivity contribution >= 4 is 11.6 Å². The molecule has 0 aromatic heterocycles. The van der Waals surface area contributed by atoms with E-state index in [1.54, 1.807) is 0 Å². The molecule has 0 fully saturated rings. The summed E-state index contributed by atoms with van der Waals surface area (Å²) in [5.74, 6) is 0.428. The molecule has 0 rings (SSSR count). The quantitative estimate of drug-likeness (QED) is 0.447. The molecule has 70 valence electrons. The van der Waals surface area contributed by atoms with Gasteiger partial charge in [0, 0.05) is 5.38 Å². The van der Waals surface area contributed by atoms with E-state index in [1.807, 2.05) is 13.8 Å². The van der Waals surface area contributed by atoms with E-state index in [4.69, 9.17) is 11.6 Å². The van der Waals surface area contributed by atoms with Crippen molar-refractivity contribution in [1.82, 2.24) is 0 Å². The Morgan fingerprint density at radius 3 is 2.50 bits per heavy atom. The molecule has 0 spiro atoms. The second kappa shape index (κ2) is 6.30. The number of allylic oxidation sites excluding steroid dienone is 3. The van der Waals surface area contributed by atoms with Crippen LogP contribution in [-0.2, 0) is 0 Å². The molecule has 12 heavy (non-hydrogen) atoms. The van der Waals surface area contributed by atoms with E-state index >= 15 is 0 Å². The minimum absolute atomic E-state index is 0.197. The van der Waals surface area contributed by atoms with Gasteiger partial charge in [-0.3, -0.25) is 0 Å². The van der Waals surface area contributed by atoms with Gasteiger partial charge in [0.25, 0.3) is 0 Å². The van der Waals surface area contributed by atoms with E-state index in [9.17, 15) is 0 Å². The lowest BCUT2D eigenvalue weighted by atomic mass is 9.96. The maximum Gasteiger partial charge on any atom is 0.0370 e. The fourth-order valence-electron chi connectivity index (χ4n) is 0.988. The third-order valence-electron chi connectivity index (χ3n) is 2.20. The Morgan fingerprint density at radius 1 is 1.50 bits per heavy atom. The molecule has 2 atom stereocenters. The molecule has 0 aromatic rings. The highest BCUT2D eigenvalue weighted by Gasteiger charge is 2.11. The van der Waals surface area contributed by atoms with Gasteiger partial charge in [0.1, 0.15) is 0 Å². The second-order valence-electron chi connectivity index (χ2n) is 3.23. The minimum Gasteiger partial charge on any atom is -0.123 e. The van der Waals surface area contributed by atoms with Gasteiger partial charge in [0.05, 0.1) is 0 Å². The summed E-state index contributed by atoms with van der Waals surface area (Å²) in [4.78, 5) is 0. The van der Waals surface area contributed by atoms with Crippen LogP contribution >= 0.6 is 11.6 Å². The van der Waals surface area contributed by atoms with Crippen molar-refractivity contribution in [2.45, 2.75) is 39.0 Å². The van der Waals surface area contributed by atoms with Crippen molar-refractivity contribution < 1.29 is 0 Å². The van der Waals surface area contributed by atoms with Crippen molar-refractivity contribution in [3.05, 3.63) is 24.3 Å². The van der Waals surface area contributed by atoms with Crippen molar-refractivity contribution in [3.63, 3.8) is 0 Å². The summed E-state index contributed by atoms with van der Waals surface area (Å²) in [5.41, 5.74) is 1.26. The van der Waals surface area contributed by atoms with Gasteiger partial charge in [-0.25, -0.2) is 0 Å². The average molecular weight is 187 g/mol. The van der Waals surface area contributed by atoms with Crippen molar-refractivity contribution in [3.8, 4) is 0 Å². The molecule has 0 N–H and O–H groups in total. The minimum atomic E-state index is 0.197. The Kier molecular flexibility index (Phi) is 6.18. The van der Waals surface area contributed by atoms with E-state index in [-0.39, 0.29) is 5.38 Å². The highest BCUT2D eigenvalue weighted by molar-refractivity contribution is 6.20. The van der Waals surface area contributed by atoms with Crippen LogP contribution in [0.3, 0.4) is 0 Å². The van der Waals surface area contributed by atoms with Crippen LogP contribution in [0.2, 0.25) is 0 Å². The van der Waals surface area contributed by atoms with Crippen LogP contribution in [0, 0.1) is 5.92 Å². The van der Waals surface area contributed by atoms with E-state index < -0.39 is 0 Å². The zero-order chi connectivity index (χ0) is 9.56. The normalized spacial score (nSPS) is 16.3. The van der Waals surface area contributed by atoms with Gasteiger partial charge in [-0.1, -0.05) is 31.2 Å². The Labute approximate surface area is 81.3 Å². The van der Waals surface area contributed by atoms with Crippen molar-refractivity contribution in [2.24, 2.45) is 5.92 Å². The summed E-state index contributed by atoms with van der Waals surface area (Å²) in [6, 6.07) is 0. The van der Waals surface area contributed by atoms with Crippen LogP contribution in [0.5, 0.6) is 0 Å². The number of hydrogen-bond donors (Lipinski definition) is 0. The molecule has 0 saturated carbocycles. The Morgan fingerprint density at radius 2 is 2.08 bits per heavy atom. The predicted molar refractivity (Wildman–Crippen MR) is 57.7 cm³/mol. The Hall–Kier alpha value is -0.230. The van der Waals surface area contributed by atoms with Crippen LogP contribution in [0.4, 0.5) is 0 Å². The maximum atomic E-state index is 5.96. The van der Waals surface area contributed by atoms with Crippen LogP contribution < -0.4 is 0 Å². The monoisotopic (exact) mass is 186 g/mol. The molecule has 1 unspecified atom stereocenters. The van der Waals surface area contributed by atoms with Crippen LogP contribution in [0.25, 0.3) is 0 Å². The predicted octanol–water partition coefficient (Wildman–Crippen LogP) is 4.16. The van der Waals surface area contributed by atoms with Gasteiger partial charge in [-0.05, 0) is 32.6 Å². The molecule has 0 heterocycles. The summed E-state index contributed by atoms with van der Waals surface area (Å²) in [5, 5.41) is 0.197. The summed E-state index contributed by atoms with van der Waals surface area (Å²) >= 11 is 5.96. The van der Waals surface area contributed by atoms with Gasteiger partial charge in [0.2, 0.25) is 0 Å². The summed E-state index contributed by atoms with van der Waals surface area (Å²) in [6.45, 7) is 10.2. The molecule has 0 aliphatic heterocycles. The van der Waals surface area contributed by atoms with Gasteiger partial charge < -0.3 is 0 Å². The molecule has 0 saturated heterocycles. The SMILES string of the molecule is C=C(CC/C=C\C)[C@H](C)C(C)Cl. The van der Waals surface area contributed by atoms with Crippen LogP contribution in [-0.4, -0.2) is 5.38 Å². The van der Waals surface area contributed by atoms with Gasteiger partial charge >= 0.3 is 0 Å². The van der Waals surface area contributed by atoms with Gasteiger partial charge in [-0.2, -0.15) is 0 Å². The standard InChI is InChI=1S/C11H19Cl/c1-5-6-7-8-9(2)10(3)11(4)12/h5-6,10-11H,2,7-8H2,1,3-4H3/b6-5-/t10-,11?/m0/s1. The van der Waals surface area contributed by atoms with E-state index in [0.29, 0.717) is 5.92 Å². The topological polar surface area (TPSA) is 0 Å². The maximum absolute atomic E-state index is 5.96. The summed E-state index contributed by atoms with van der Waals surface area (Å²) in [6.07, 6.45) is 6.38. The third-order valence-corrected chi connectivity index (χ3v) is 2.58. The van der Waals surface area contributed by atoms with E-state index in [0.717, 1.165) is 12.8 Å². The molecule has 0 aromatic carbocycles. The smallest absolute Gasteiger partial charge is 0.0370 e. The number of rotatable bonds is 5. The molecule has 0 radical (unpaired) electrons. The lowest BCUT2D eigenvalue weighted by molar-refractivity contribution is 0.635. The molecule has 1 heteroatoms. The fourth-order valence-corrected chi connectivity index (χ4v) is 1.17. The molecular formula is C11H19Cl. The molecule has 0 aliphatic carbocycles. The average Bonchev–Trinajstić information content (AvgIpc) is 2.03. The van der Waals surface area contributed by atoms with E-state index in [2.05, 4.69) is 25.7 Å². The number of hydrogen-bond acceptors (Lipinski definition) is 0. The van der Waals surface area contributed by atoms with Crippen LogP contribution in [0.1, 0.15) is 33.6 Å². The molecule has 0 aliphatic rings. The van der Waals surface area contributed by atoms with Crippen LogP contribution in [0.15, 0.2) is 24.3 Å². The third kappa shape index (κ3) is 4.61. The second-order valence-corrected chi connectivity index (χ2v) is 3.92. The first-order chi connectivity index (χ1) is 5.59. The zero-order valence-corrected chi connectivity index (χ0v) is 9.06. The molecule has 0 nitrogen and oxygen atoms in total. The lowest BCUT2D eigenvalue weighted by Crippen LogP contribution is -2.09. The molecule has 0 bridgehead atoms. The van der Waals surface area contributed by atoms with Crippen molar-refractivity contribution in [1.29, 1.82) is 0 Å². The van der Waals surface area contributed by atoms with E-state index in [1.165, 1.54) is 5.57 Å². The molecule has 0 amide bonds. The largest absolute Gasteiger partial charge is 0.123 e. The lowest BCUT2D eigenvalue weighted by Gasteiger charge is -2.15. The fraction of sp³-hybridized carbons (Fsp3) is 0.636. The van der Waals surface area contributed by atoms with Gasteiger partial charge in [0.15, 0.2) is 0 Å². The highest BCUT2D eigenvalue weighted by atomic mass is 35.5.